The van der Waals surface area contributed by atoms with Crippen LogP contribution in [0.4, 0.5) is 5.69 Å². The summed E-state index contributed by atoms with van der Waals surface area (Å²) in [6.45, 7) is 2.23. The molecule has 1 heterocycles. The Bertz CT molecular complexity index is 978. The second kappa shape index (κ2) is 9.52. The largest absolute Gasteiger partial charge is 0.324 e. The van der Waals surface area contributed by atoms with Crippen LogP contribution in [0.3, 0.4) is 0 Å². The second-order valence-corrected chi connectivity index (χ2v) is 7.69. The highest BCUT2D eigenvalue weighted by Gasteiger charge is 2.17. The maximum atomic E-state index is 12.5. The molecule has 6 heteroatoms. The number of hydrogen-bond donors (Lipinski definition) is 2. The molecule has 28 heavy (non-hydrogen) atoms. The summed E-state index contributed by atoms with van der Waals surface area (Å²) in [4.78, 5) is 13.6. The molecule has 0 unspecified atom stereocenters. The van der Waals surface area contributed by atoms with Crippen LogP contribution in [0.2, 0.25) is 5.02 Å². The topological polar surface area (TPSA) is 64.9 Å². The third-order valence-corrected chi connectivity index (χ3v) is 5.56. The van der Waals surface area contributed by atoms with Crippen molar-refractivity contribution in [3.63, 3.8) is 0 Å². The van der Waals surface area contributed by atoms with E-state index in [0.29, 0.717) is 16.3 Å². The zero-order valence-corrected chi connectivity index (χ0v) is 17.0. The zero-order chi connectivity index (χ0) is 19.9. The summed E-state index contributed by atoms with van der Waals surface area (Å²) in [5, 5.41) is 17.8. The molecule has 0 aliphatic heterocycles. The van der Waals surface area contributed by atoms with Gasteiger partial charge >= 0.3 is 0 Å². The van der Waals surface area contributed by atoms with Crippen LogP contribution in [0.15, 0.2) is 60.0 Å². The van der Waals surface area contributed by atoms with Crippen molar-refractivity contribution < 1.29 is 4.79 Å². The molecular weight excluding hydrogens is 390 g/mol. The van der Waals surface area contributed by atoms with Gasteiger partial charge in [-0.3, -0.25) is 10.1 Å². The molecule has 0 radical (unpaired) electrons. The van der Waals surface area contributed by atoms with E-state index < -0.39 is 0 Å². The van der Waals surface area contributed by atoms with Crippen LogP contribution in [0.25, 0.3) is 0 Å². The van der Waals surface area contributed by atoms with Crippen molar-refractivity contribution in [3.05, 3.63) is 86.6 Å². The average Bonchev–Trinajstić information content (AvgIpc) is 3.23. The van der Waals surface area contributed by atoms with Gasteiger partial charge in [0.25, 0.3) is 0 Å². The molecule has 142 valence electrons. The summed E-state index contributed by atoms with van der Waals surface area (Å²) in [6.07, 6.45) is 0.987. The Morgan fingerprint density at radius 3 is 2.64 bits per heavy atom. The molecule has 4 nitrogen and oxygen atoms in total. The summed E-state index contributed by atoms with van der Waals surface area (Å²) < 4.78 is 0. The Hall–Kier alpha value is -2.65. The lowest BCUT2D eigenvalue weighted by atomic mass is 10.0. The van der Waals surface area contributed by atoms with E-state index in [9.17, 15) is 10.1 Å². The van der Waals surface area contributed by atoms with Gasteiger partial charge in [-0.1, -0.05) is 48.9 Å². The van der Waals surface area contributed by atoms with Crippen LogP contribution in [-0.4, -0.2) is 12.5 Å². The monoisotopic (exact) mass is 409 g/mol. The Morgan fingerprint density at radius 2 is 2.00 bits per heavy atom. The number of aryl methyl sites for hydroxylation is 1. The third-order valence-electron chi connectivity index (χ3n) is 4.39. The fourth-order valence-electron chi connectivity index (χ4n) is 2.89. The maximum absolute atomic E-state index is 12.5. The van der Waals surface area contributed by atoms with Gasteiger partial charge in [-0.2, -0.15) is 5.26 Å². The third kappa shape index (κ3) is 4.99. The number of nitrogens with zero attached hydrogens (tertiary/aromatic N) is 1. The number of anilines is 1. The fraction of sp³-hybridized carbons (Fsp3) is 0.182. The van der Waals surface area contributed by atoms with Crippen LogP contribution >= 0.6 is 22.9 Å². The van der Waals surface area contributed by atoms with E-state index in [1.165, 1.54) is 5.56 Å². The van der Waals surface area contributed by atoms with Crippen molar-refractivity contribution in [2.24, 2.45) is 0 Å². The number of thiophene rings is 1. The summed E-state index contributed by atoms with van der Waals surface area (Å²) in [6, 6.07) is 19.3. The van der Waals surface area contributed by atoms with Crippen LogP contribution in [0.1, 0.15) is 34.5 Å². The molecule has 3 aromatic rings. The number of carbonyl (C=O) groups excluding carboxylic acids is 1. The minimum Gasteiger partial charge on any atom is -0.324 e. The highest BCUT2D eigenvalue weighted by atomic mass is 35.5. The number of nitrogens with one attached hydrogen (secondary N) is 2. The van der Waals surface area contributed by atoms with Crippen molar-refractivity contribution in [2.45, 2.75) is 19.4 Å². The molecule has 2 aromatic carbocycles. The second-order valence-electron chi connectivity index (χ2n) is 6.27. The molecule has 1 amide bonds. The highest BCUT2D eigenvalue weighted by molar-refractivity contribution is 7.10. The smallest absolute Gasteiger partial charge is 0.238 e. The van der Waals surface area contributed by atoms with Gasteiger partial charge in [0.1, 0.15) is 6.07 Å². The molecule has 0 bridgehead atoms. The molecule has 0 fully saturated rings. The fourth-order valence-corrected chi connectivity index (χ4v) is 3.89. The van der Waals surface area contributed by atoms with E-state index in [4.69, 9.17) is 11.6 Å². The normalized spacial score (nSPS) is 11.6. The molecule has 1 aromatic heterocycles. The molecule has 3 rings (SSSR count). The van der Waals surface area contributed by atoms with E-state index in [1.807, 2.05) is 11.4 Å². The number of carbonyl (C=O) groups is 1. The van der Waals surface area contributed by atoms with Crippen molar-refractivity contribution in [1.29, 1.82) is 5.26 Å². The van der Waals surface area contributed by atoms with Gasteiger partial charge < -0.3 is 5.32 Å². The molecule has 0 spiro atoms. The van der Waals surface area contributed by atoms with Gasteiger partial charge in [-0.05, 0) is 47.2 Å². The maximum Gasteiger partial charge on any atom is 0.238 e. The quantitative estimate of drug-likeness (QED) is 0.566. The number of rotatable bonds is 7. The van der Waals surface area contributed by atoms with Gasteiger partial charge in [-0.15, -0.1) is 11.3 Å². The van der Waals surface area contributed by atoms with Gasteiger partial charge in [0.2, 0.25) is 5.91 Å². The lowest BCUT2D eigenvalue weighted by Crippen LogP contribution is -2.31. The number of benzene rings is 2. The summed E-state index contributed by atoms with van der Waals surface area (Å²) in [7, 11) is 0. The van der Waals surface area contributed by atoms with Crippen molar-refractivity contribution in [3.8, 4) is 6.07 Å². The van der Waals surface area contributed by atoms with Gasteiger partial charge in [0.05, 0.1) is 23.8 Å². The lowest BCUT2D eigenvalue weighted by molar-refractivity contribution is -0.115. The van der Waals surface area contributed by atoms with Gasteiger partial charge in [0, 0.05) is 9.90 Å². The number of amides is 1. The summed E-state index contributed by atoms with van der Waals surface area (Å²) >= 11 is 7.63. The molecule has 2 N–H and O–H groups in total. The Kier molecular flexibility index (Phi) is 6.83. The Balaban J connectivity index is 1.72. The molecule has 0 aliphatic carbocycles. The summed E-state index contributed by atoms with van der Waals surface area (Å²) in [5.41, 5.74) is 3.17. The first-order valence-electron chi connectivity index (χ1n) is 8.96. The first-order chi connectivity index (χ1) is 13.6. The Morgan fingerprint density at radius 1 is 1.21 bits per heavy atom. The molecule has 0 saturated carbocycles. The van der Waals surface area contributed by atoms with E-state index in [0.717, 1.165) is 16.9 Å². The number of hydrogen-bond acceptors (Lipinski definition) is 4. The van der Waals surface area contributed by atoms with Gasteiger partial charge in [0.15, 0.2) is 0 Å². The minimum absolute atomic E-state index is 0.0774. The molecular formula is C22H20ClN3OS. The van der Waals surface area contributed by atoms with Crippen LogP contribution < -0.4 is 10.6 Å². The number of nitriles is 1. The van der Waals surface area contributed by atoms with Crippen molar-refractivity contribution in [2.75, 3.05) is 11.9 Å². The molecule has 1 atom stereocenters. The lowest BCUT2D eigenvalue weighted by Gasteiger charge is -2.18. The molecule has 0 aliphatic rings. The Labute approximate surface area is 173 Å². The highest BCUT2D eigenvalue weighted by Crippen LogP contribution is 2.26. The van der Waals surface area contributed by atoms with Crippen molar-refractivity contribution >= 4 is 34.5 Å². The van der Waals surface area contributed by atoms with Crippen LogP contribution in [0.5, 0.6) is 0 Å². The average molecular weight is 410 g/mol. The van der Waals surface area contributed by atoms with E-state index >= 15 is 0 Å². The predicted molar refractivity (Wildman–Crippen MR) is 115 cm³/mol. The predicted octanol–water partition coefficient (Wildman–Crippen LogP) is 5.15. The molecule has 0 saturated heterocycles. The van der Waals surface area contributed by atoms with E-state index in [-0.39, 0.29) is 18.5 Å². The van der Waals surface area contributed by atoms with Crippen LogP contribution in [0, 0.1) is 11.3 Å². The SMILES string of the molecule is CCc1ccc([C@H](NCC(=O)Nc2cc(Cl)ccc2C#N)c2cccs2)cc1. The summed E-state index contributed by atoms with van der Waals surface area (Å²) in [5.74, 6) is -0.231. The van der Waals surface area contributed by atoms with Gasteiger partial charge in [-0.25, -0.2) is 0 Å². The number of halogens is 1. The van der Waals surface area contributed by atoms with Crippen molar-refractivity contribution in [1.82, 2.24) is 5.32 Å². The zero-order valence-electron chi connectivity index (χ0n) is 15.4. The standard InChI is InChI=1S/C22H20ClN3OS/c1-2-15-5-7-16(8-6-15)22(20-4-3-11-28-20)25-14-21(27)26-19-12-18(23)10-9-17(19)13-24/h3-12,22,25H,2,14H2,1H3,(H,26,27)/t22-/m0/s1. The first kappa shape index (κ1) is 20.1. The van der Waals surface area contributed by atoms with E-state index in [1.54, 1.807) is 29.5 Å². The van der Waals surface area contributed by atoms with Crippen LogP contribution in [-0.2, 0) is 11.2 Å². The minimum atomic E-state index is -0.231. The van der Waals surface area contributed by atoms with E-state index in [2.05, 4.69) is 54.0 Å². The first-order valence-corrected chi connectivity index (χ1v) is 10.2.